The van der Waals surface area contributed by atoms with Crippen molar-refractivity contribution in [3.05, 3.63) is 40.9 Å². The van der Waals surface area contributed by atoms with Gasteiger partial charge in [0.1, 0.15) is 5.01 Å². The summed E-state index contributed by atoms with van der Waals surface area (Å²) in [5.41, 5.74) is 2.43. The monoisotopic (exact) mass is 322 g/mol. The highest BCUT2D eigenvalue weighted by Gasteiger charge is 2.15. The van der Waals surface area contributed by atoms with Gasteiger partial charge in [-0.3, -0.25) is 0 Å². The normalized spacial score (nSPS) is 14.1. The zero-order valence-electron chi connectivity index (χ0n) is 12.7. The van der Waals surface area contributed by atoms with Crippen molar-refractivity contribution in [3.8, 4) is 10.6 Å². The van der Waals surface area contributed by atoms with Crippen molar-refractivity contribution in [1.82, 2.24) is 10.3 Å². The van der Waals surface area contributed by atoms with Gasteiger partial charge in [-0.25, -0.2) is 4.98 Å². The second-order valence-corrected chi connectivity index (χ2v) is 7.32. The molecule has 21 heavy (non-hydrogen) atoms. The molecule has 0 spiro atoms. The number of nitrogens with one attached hydrogen (secondary N) is 1. The van der Waals surface area contributed by atoms with E-state index in [0.29, 0.717) is 0 Å². The molecule has 0 saturated heterocycles. The van der Waals surface area contributed by atoms with Crippen LogP contribution in [0.4, 0.5) is 0 Å². The second-order valence-electron chi connectivity index (χ2n) is 5.12. The molecule has 0 radical (unpaired) electrons. The van der Waals surface area contributed by atoms with Crippen LogP contribution in [0.15, 0.2) is 30.5 Å². The van der Waals surface area contributed by atoms with Crippen molar-refractivity contribution in [2.24, 2.45) is 0 Å². The van der Waals surface area contributed by atoms with Crippen LogP contribution in [0, 0.1) is 6.92 Å². The fourth-order valence-electron chi connectivity index (χ4n) is 2.05. The van der Waals surface area contributed by atoms with E-state index in [9.17, 15) is 5.11 Å². The zero-order chi connectivity index (χ0) is 15.2. The van der Waals surface area contributed by atoms with Crippen molar-refractivity contribution in [3.63, 3.8) is 0 Å². The molecule has 1 aromatic carbocycles. The molecule has 0 saturated carbocycles. The molecule has 0 fully saturated rings. The number of rotatable bonds is 7. The molecule has 114 valence electrons. The van der Waals surface area contributed by atoms with Crippen LogP contribution < -0.4 is 5.32 Å². The van der Waals surface area contributed by atoms with E-state index in [1.807, 2.05) is 12.5 Å². The molecule has 5 heteroatoms. The Hall–Kier alpha value is -0.880. The van der Waals surface area contributed by atoms with Crippen LogP contribution in [0.5, 0.6) is 0 Å². The third-order valence-corrected chi connectivity index (χ3v) is 5.70. The zero-order valence-corrected chi connectivity index (χ0v) is 14.3. The molecule has 1 heterocycles. The number of thiazole rings is 1. The fraction of sp³-hybridized carbons (Fsp3) is 0.438. The van der Waals surface area contributed by atoms with Crippen LogP contribution in [0.2, 0.25) is 0 Å². The number of thioether (sulfide) groups is 1. The van der Waals surface area contributed by atoms with Gasteiger partial charge in [-0.2, -0.15) is 11.8 Å². The first-order valence-corrected chi connectivity index (χ1v) is 9.13. The summed E-state index contributed by atoms with van der Waals surface area (Å²) in [4.78, 5) is 5.72. The summed E-state index contributed by atoms with van der Waals surface area (Å²) >= 11 is 3.41. The number of aliphatic hydroxyl groups excluding tert-OH is 1. The lowest BCUT2D eigenvalue weighted by atomic mass is 10.2. The number of aromatic nitrogens is 1. The van der Waals surface area contributed by atoms with E-state index in [4.69, 9.17) is 0 Å². The van der Waals surface area contributed by atoms with Gasteiger partial charge in [-0.05, 0) is 20.1 Å². The minimum absolute atomic E-state index is 0.201. The second kappa shape index (κ2) is 7.94. The Morgan fingerprint density at radius 3 is 2.67 bits per heavy atom. The van der Waals surface area contributed by atoms with Crippen molar-refractivity contribution in [1.29, 1.82) is 0 Å². The molecule has 3 nitrogen and oxygen atoms in total. The quantitative estimate of drug-likeness (QED) is 0.821. The molecule has 0 aliphatic rings. The highest BCUT2D eigenvalue weighted by molar-refractivity contribution is 7.99. The Morgan fingerprint density at radius 1 is 1.33 bits per heavy atom. The standard InChI is InChI=1S/C16H22N2OS2/c1-11-4-6-13(7-5-11)16-18-9-14(21-16)8-17-12(2)15(10-19)20-3/h4-7,9,12,15,17,19H,8,10H2,1-3H3. The molecule has 0 bridgehead atoms. The average Bonchev–Trinajstić information content (AvgIpc) is 2.96. The predicted molar refractivity (Wildman–Crippen MR) is 93.0 cm³/mol. The van der Waals surface area contributed by atoms with E-state index in [1.165, 1.54) is 16.0 Å². The molecule has 0 amide bonds. The summed E-state index contributed by atoms with van der Waals surface area (Å²) in [6.07, 6.45) is 3.97. The highest BCUT2D eigenvalue weighted by atomic mass is 32.2. The first-order chi connectivity index (χ1) is 10.1. The van der Waals surface area contributed by atoms with Gasteiger partial charge in [0.2, 0.25) is 0 Å². The molecule has 2 unspecified atom stereocenters. The summed E-state index contributed by atoms with van der Waals surface area (Å²) in [5.74, 6) is 0. The van der Waals surface area contributed by atoms with E-state index in [0.717, 1.165) is 11.6 Å². The maximum atomic E-state index is 9.30. The largest absolute Gasteiger partial charge is 0.395 e. The van der Waals surface area contributed by atoms with Gasteiger partial charge in [0.15, 0.2) is 0 Å². The molecular formula is C16H22N2OS2. The molecule has 2 atom stereocenters. The van der Waals surface area contributed by atoms with Crippen LogP contribution >= 0.6 is 23.1 Å². The van der Waals surface area contributed by atoms with Gasteiger partial charge in [0.25, 0.3) is 0 Å². The maximum absolute atomic E-state index is 9.30. The van der Waals surface area contributed by atoms with E-state index >= 15 is 0 Å². The minimum atomic E-state index is 0.201. The molecular weight excluding hydrogens is 300 g/mol. The summed E-state index contributed by atoms with van der Waals surface area (Å²) in [6.45, 7) is 5.19. The summed E-state index contributed by atoms with van der Waals surface area (Å²) in [5, 5.41) is 14.1. The molecule has 1 aromatic heterocycles. The van der Waals surface area contributed by atoms with Crippen molar-refractivity contribution < 1.29 is 5.11 Å². The van der Waals surface area contributed by atoms with Crippen LogP contribution in [-0.4, -0.2) is 34.2 Å². The van der Waals surface area contributed by atoms with E-state index < -0.39 is 0 Å². The lowest BCUT2D eigenvalue weighted by molar-refractivity contribution is 0.276. The first-order valence-electron chi connectivity index (χ1n) is 7.02. The Kier molecular flexibility index (Phi) is 6.23. The Balaban J connectivity index is 1.96. The lowest BCUT2D eigenvalue weighted by Gasteiger charge is -2.20. The smallest absolute Gasteiger partial charge is 0.123 e. The van der Waals surface area contributed by atoms with Gasteiger partial charge in [0, 0.05) is 34.5 Å². The number of hydrogen-bond acceptors (Lipinski definition) is 5. The fourth-order valence-corrected chi connectivity index (χ4v) is 3.57. The number of hydrogen-bond donors (Lipinski definition) is 2. The van der Waals surface area contributed by atoms with Gasteiger partial charge in [0.05, 0.1) is 6.61 Å². The average molecular weight is 322 g/mol. The third-order valence-electron chi connectivity index (χ3n) is 3.49. The van der Waals surface area contributed by atoms with Crippen molar-refractivity contribution >= 4 is 23.1 Å². The first kappa shape index (κ1) is 16.5. The Labute approximate surface area is 134 Å². The van der Waals surface area contributed by atoms with E-state index in [-0.39, 0.29) is 17.9 Å². The molecule has 0 aliphatic carbocycles. The molecule has 2 aromatic rings. The number of aliphatic hydroxyl groups is 1. The van der Waals surface area contributed by atoms with Crippen LogP contribution in [0.3, 0.4) is 0 Å². The number of aryl methyl sites for hydroxylation is 1. The highest BCUT2D eigenvalue weighted by Crippen LogP contribution is 2.25. The van der Waals surface area contributed by atoms with Crippen molar-refractivity contribution in [2.45, 2.75) is 31.7 Å². The Bertz CT molecular complexity index is 550. The molecule has 2 rings (SSSR count). The van der Waals surface area contributed by atoms with Crippen LogP contribution in [0.25, 0.3) is 10.6 Å². The topological polar surface area (TPSA) is 45.1 Å². The van der Waals surface area contributed by atoms with Gasteiger partial charge in [-0.15, -0.1) is 11.3 Å². The van der Waals surface area contributed by atoms with Gasteiger partial charge >= 0.3 is 0 Å². The summed E-state index contributed by atoms with van der Waals surface area (Å²) < 4.78 is 0. The SMILES string of the molecule is CSC(CO)C(C)NCc1cnc(-c2ccc(C)cc2)s1. The summed E-state index contributed by atoms with van der Waals surface area (Å²) in [7, 11) is 0. The van der Waals surface area contributed by atoms with Crippen molar-refractivity contribution in [2.75, 3.05) is 12.9 Å². The predicted octanol–water partition coefficient (Wildman–Crippen LogP) is 3.32. The van der Waals surface area contributed by atoms with E-state index in [2.05, 4.69) is 48.4 Å². The Morgan fingerprint density at radius 2 is 2.05 bits per heavy atom. The van der Waals surface area contributed by atoms with Crippen LogP contribution in [0.1, 0.15) is 17.4 Å². The molecule has 0 aliphatic heterocycles. The lowest BCUT2D eigenvalue weighted by Crippen LogP contribution is -2.36. The van der Waals surface area contributed by atoms with E-state index in [1.54, 1.807) is 23.1 Å². The minimum Gasteiger partial charge on any atom is -0.395 e. The van der Waals surface area contributed by atoms with Gasteiger partial charge in [-0.1, -0.05) is 29.8 Å². The van der Waals surface area contributed by atoms with Gasteiger partial charge < -0.3 is 10.4 Å². The maximum Gasteiger partial charge on any atom is 0.123 e. The number of benzene rings is 1. The third kappa shape index (κ3) is 4.54. The number of nitrogens with zero attached hydrogens (tertiary/aromatic N) is 1. The van der Waals surface area contributed by atoms with Crippen LogP contribution in [-0.2, 0) is 6.54 Å². The summed E-state index contributed by atoms with van der Waals surface area (Å²) in [6, 6.07) is 8.73. The molecule has 2 N–H and O–H groups in total.